The Hall–Kier alpha value is -1.63. The number of ether oxygens (including phenoxy) is 3. The first-order chi connectivity index (χ1) is 28.4. The average Bonchev–Trinajstić information content (AvgIpc) is 3.74. The van der Waals surface area contributed by atoms with Crippen molar-refractivity contribution in [1.29, 1.82) is 0 Å². The zero-order valence-corrected chi connectivity index (χ0v) is 39.1. The summed E-state index contributed by atoms with van der Waals surface area (Å²) in [6, 6.07) is 0. The van der Waals surface area contributed by atoms with Gasteiger partial charge in [0.05, 0.1) is 13.2 Å². The van der Waals surface area contributed by atoms with Crippen LogP contribution in [0, 0.1) is 11.8 Å². The summed E-state index contributed by atoms with van der Waals surface area (Å²) in [5, 5.41) is 0. The number of hydrogen-bond acceptors (Lipinski definition) is 7. The van der Waals surface area contributed by atoms with Crippen LogP contribution in [0.4, 0.5) is 0 Å². The molecule has 0 spiro atoms. The van der Waals surface area contributed by atoms with Crippen molar-refractivity contribution in [2.45, 2.75) is 265 Å². The van der Waals surface area contributed by atoms with E-state index in [1.54, 1.807) is 0 Å². The number of esters is 3. The van der Waals surface area contributed by atoms with Crippen LogP contribution in [-0.4, -0.2) is 61.8 Å². The molecule has 0 amide bonds. The van der Waals surface area contributed by atoms with Gasteiger partial charge in [0.1, 0.15) is 6.10 Å². The lowest BCUT2D eigenvalue weighted by Crippen LogP contribution is -2.23. The fourth-order valence-electron chi connectivity index (χ4n) is 8.66. The summed E-state index contributed by atoms with van der Waals surface area (Å²) in [6.07, 6.45) is 40.3. The summed E-state index contributed by atoms with van der Waals surface area (Å²) >= 11 is 0. The highest BCUT2D eigenvalue weighted by molar-refractivity contribution is 5.70. The molecule has 0 unspecified atom stereocenters. The lowest BCUT2D eigenvalue weighted by molar-refractivity contribution is -0.150. The maximum atomic E-state index is 12.8. The van der Waals surface area contributed by atoms with Crippen LogP contribution in [0.3, 0.4) is 0 Å². The Bertz CT molecular complexity index is 864. The van der Waals surface area contributed by atoms with Crippen LogP contribution in [-0.2, 0) is 28.6 Å². The Balaban J connectivity index is 2.20. The maximum Gasteiger partial charge on any atom is 0.306 e. The summed E-state index contributed by atoms with van der Waals surface area (Å²) in [5.41, 5.74) is 0. The van der Waals surface area contributed by atoms with Crippen LogP contribution in [0.25, 0.3) is 0 Å². The van der Waals surface area contributed by atoms with E-state index in [4.69, 9.17) is 14.2 Å². The first kappa shape index (κ1) is 54.4. The largest absolute Gasteiger partial charge is 0.466 e. The van der Waals surface area contributed by atoms with Gasteiger partial charge >= 0.3 is 17.9 Å². The van der Waals surface area contributed by atoms with Gasteiger partial charge in [-0.05, 0) is 115 Å². The third-order valence-electron chi connectivity index (χ3n) is 12.5. The molecule has 0 radical (unpaired) electrons. The van der Waals surface area contributed by atoms with E-state index in [9.17, 15) is 14.4 Å². The van der Waals surface area contributed by atoms with E-state index in [-0.39, 0.29) is 24.0 Å². The number of carbonyl (C=O) groups is 3. The van der Waals surface area contributed by atoms with Gasteiger partial charge < -0.3 is 19.1 Å². The van der Waals surface area contributed by atoms with Crippen molar-refractivity contribution >= 4 is 17.9 Å². The summed E-state index contributed by atoms with van der Waals surface area (Å²) in [4.78, 5) is 40.0. The topological polar surface area (TPSA) is 82.1 Å². The molecule has 1 saturated heterocycles. The van der Waals surface area contributed by atoms with E-state index in [0.717, 1.165) is 90.0 Å². The van der Waals surface area contributed by atoms with Gasteiger partial charge in [-0.2, -0.15) is 0 Å². The lowest BCUT2D eigenvalue weighted by Gasteiger charge is -2.19. The van der Waals surface area contributed by atoms with E-state index in [0.29, 0.717) is 44.3 Å². The molecule has 0 aromatic rings. The number of rotatable bonds is 43. The first-order valence-electron chi connectivity index (χ1n) is 25.6. The predicted molar refractivity (Wildman–Crippen MR) is 244 cm³/mol. The second-order valence-corrected chi connectivity index (χ2v) is 18.1. The van der Waals surface area contributed by atoms with Crippen molar-refractivity contribution in [2.75, 3.05) is 32.8 Å². The molecule has 1 aliphatic heterocycles. The van der Waals surface area contributed by atoms with E-state index < -0.39 is 0 Å². The van der Waals surface area contributed by atoms with Gasteiger partial charge in [0.25, 0.3) is 0 Å². The van der Waals surface area contributed by atoms with Gasteiger partial charge in [-0.15, -0.1) is 0 Å². The van der Waals surface area contributed by atoms with Crippen molar-refractivity contribution in [2.24, 2.45) is 11.8 Å². The summed E-state index contributed by atoms with van der Waals surface area (Å²) < 4.78 is 17.3. The molecule has 0 bridgehead atoms. The van der Waals surface area contributed by atoms with Crippen LogP contribution in [0.5, 0.6) is 0 Å². The summed E-state index contributed by atoms with van der Waals surface area (Å²) in [6.45, 7) is 13.4. The fourth-order valence-corrected chi connectivity index (χ4v) is 8.66. The lowest BCUT2D eigenvalue weighted by atomic mass is 9.93. The molecule has 342 valence electrons. The number of hydrogen-bond donors (Lipinski definition) is 0. The molecule has 1 fully saturated rings. The SMILES string of the molecule is CCCCC(CCCC)CC(=O)OCCCCCCCCCCC(CCCCCCCCCCOC(=O)CC(CCCC)CCCC)OC(=O)CCCN1CCCC1. The Morgan fingerprint density at radius 3 is 1.17 bits per heavy atom. The van der Waals surface area contributed by atoms with Crippen molar-refractivity contribution in [3.8, 4) is 0 Å². The normalized spacial score (nSPS) is 13.3. The first-order valence-corrected chi connectivity index (χ1v) is 25.6. The van der Waals surface area contributed by atoms with Gasteiger partial charge in [-0.1, -0.05) is 156 Å². The molecule has 0 atom stereocenters. The highest BCUT2D eigenvalue weighted by Crippen LogP contribution is 2.23. The van der Waals surface area contributed by atoms with Crippen LogP contribution in [0.15, 0.2) is 0 Å². The fraction of sp³-hybridized carbons (Fsp3) is 0.941. The Labute approximate surface area is 360 Å². The summed E-state index contributed by atoms with van der Waals surface area (Å²) in [5.74, 6) is 1.00. The number of likely N-dealkylation sites (tertiary alicyclic amines) is 1. The van der Waals surface area contributed by atoms with Crippen LogP contribution >= 0.6 is 0 Å². The smallest absolute Gasteiger partial charge is 0.306 e. The average molecular weight is 820 g/mol. The van der Waals surface area contributed by atoms with E-state index in [2.05, 4.69) is 32.6 Å². The quantitative estimate of drug-likeness (QED) is 0.0344. The van der Waals surface area contributed by atoms with Gasteiger partial charge in [0.15, 0.2) is 0 Å². The van der Waals surface area contributed by atoms with E-state index in [1.165, 1.54) is 142 Å². The minimum Gasteiger partial charge on any atom is -0.466 e. The predicted octanol–water partition coefficient (Wildman–Crippen LogP) is 14.7. The van der Waals surface area contributed by atoms with E-state index in [1.807, 2.05) is 0 Å². The Kier molecular flexibility index (Phi) is 38.2. The van der Waals surface area contributed by atoms with Crippen molar-refractivity contribution < 1.29 is 28.6 Å². The number of carbonyl (C=O) groups excluding carboxylic acids is 3. The van der Waals surface area contributed by atoms with Crippen LogP contribution in [0.2, 0.25) is 0 Å². The number of unbranched alkanes of at least 4 members (excludes halogenated alkanes) is 18. The van der Waals surface area contributed by atoms with Crippen molar-refractivity contribution in [3.05, 3.63) is 0 Å². The second-order valence-electron chi connectivity index (χ2n) is 18.1. The highest BCUT2D eigenvalue weighted by Gasteiger charge is 2.18. The molecule has 7 nitrogen and oxygen atoms in total. The third-order valence-corrected chi connectivity index (χ3v) is 12.5. The molecule has 58 heavy (non-hydrogen) atoms. The molecular formula is C51H97NO6. The van der Waals surface area contributed by atoms with Crippen LogP contribution in [0.1, 0.15) is 259 Å². The second kappa shape index (κ2) is 40.8. The minimum absolute atomic E-state index is 0.00108. The van der Waals surface area contributed by atoms with Gasteiger partial charge in [0, 0.05) is 19.3 Å². The van der Waals surface area contributed by atoms with Crippen molar-refractivity contribution in [3.63, 3.8) is 0 Å². The van der Waals surface area contributed by atoms with E-state index >= 15 is 0 Å². The molecule has 0 aromatic heterocycles. The zero-order valence-electron chi connectivity index (χ0n) is 39.1. The molecule has 1 rings (SSSR count). The standard InChI is InChI=1S/C51H97NO6/c1-5-9-32-46(33-10-6-2)44-50(54)56-42-29-23-19-15-13-17-21-25-36-48(58-49(53)38-31-41-52-39-27-28-40-52)37-26-22-18-14-16-20-24-30-43-57-51(55)45-47(34-11-7-3)35-12-8-4/h46-48H,5-45H2,1-4H3. The van der Waals surface area contributed by atoms with Gasteiger partial charge in [-0.25, -0.2) is 0 Å². The molecule has 0 saturated carbocycles. The molecular weight excluding hydrogens is 723 g/mol. The maximum absolute atomic E-state index is 12.8. The Morgan fingerprint density at radius 1 is 0.431 bits per heavy atom. The van der Waals surface area contributed by atoms with Gasteiger partial charge in [0.2, 0.25) is 0 Å². The monoisotopic (exact) mass is 820 g/mol. The molecule has 0 aromatic carbocycles. The third kappa shape index (κ3) is 34.1. The Morgan fingerprint density at radius 2 is 0.793 bits per heavy atom. The molecule has 1 aliphatic rings. The molecule has 7 heteroatoms. The van der Waals surface area contributed by atoms with Crippen molar-refractivity contribution in [1.82, 2.24) is 4.90 Å². The zero-order chi connectivity index (χ0) is 42.2. The number of nitrogens with zero attached hydrogens (tertiary/aromatic N) is 1. The highest BCUT2D eigenvalue weighted by atomic mass is 16.5. The summed E-state index contributed by atoms with van der Waals surface area (Å²) in [7, 11) is 0. The molecule has 1 heterocycles. The minimum atomic E-state index is 0.00108. The molecule has 0 N–H and O–H groups in total. The van der Waals surface area contributed by atoms with Crippen LogP contribution < -0.4 is 0 Å². The van der Waals surface area contributed by atoms with Gasteiger partial charge in [-0.3, -0.25) is 14.4 Å². The molecule has 0 aliphatic carbocycles.